The topological polar surface area (TPSA) is 56.5 Å². The summed E-state index contributed by atoms with van der Waals surface area (Å²) in [5.74, 6) is -0.339. The zero-order chi connectivity index (χ0) is 17.4. The zero-order valence-corrected chi connectivity index (χ0v) is 15.4. The van der Waals surface area contributed by atoms with Crippen molar-refractivity contribution in [2.45, 2.75) is 13.8 Å². The Hall–Kier alpha value is -2.51. The van der Waals surface area contributed by atoms with E-state index in [0.29, 0.717) is 17.2 Å². The molecule has 0 fully saturated rings. The first kappa shape index (κ1) is 16.0. The van der Waals surface area contributed by atoms with Crippen LogP contribution in [-0.4, -0.2) is 26.9 Å². The minimum atomic E-state index is -0.339. The normalized spacial score (nSPS) is 11.1. The largest absolute Gasteiger partial charge is 0.462 e. The molecule has 0 amide bonds. The van der Waals surface area contributed by atoms with E-state index in [2.05, 4.69) is 4.98 Å². The van der Waals surface area contributed by atoms with Crippen LogP contribution < -0.4 is 0 Å². The van der Waals surface area contributed by atoms with Crippen molar-refractivity contribution in [3.63, 3.8) is 0 Å². The van der Waals surface area contributed by atoms with E-state index in [9.17, 15) is 4.79 Å². The van der Waals surface area contributed by atoms with E-state index in [4.69, 9.17) is 9.72 Å². The second-order valence-corrected chi connectivity index (χ2v) is 7.26. The molecule has 4 rings (SSSR count). The Kier molecular flexibility index (Phi) is 4.10. The Morgan fingerprint density at radius 2 is 2.04 bits per heavy atom. The van der Waals surface area contributed by atoms with E-state index in [-0.39, 0.29) is 5.97 Å². The first-order chi connectivity index (χ1) is 12.2. The van der Waals surface area contributed by atoms with Gasteiger partial charge < -0.3 is 4.74 Å². The first-order valence-corrected chi connectivity index (χ1v) is 9.54. The van der Waals surface area contributed by atoms with Crippen LogP contribution in [0, 0.1) is 6.92 Å². The van der Waals surface area contributed by atoms with Gasteiger partial charge in [0.1, 0.15) is 15.6 Å². The van der Waals surface area contributed by atoms with Gasteiger partial charge in [0.25, 0.3) is 0 Å². The van der Waals surface area contributed by atoms with Crippen LogP contribution in [0.5, 0.6) is 0 Å². The summed E-state index contributed by atoms with van der Waals surface area (Å²) in [6.07, 6.45) is 1.98. The Morgan fingerprint density at radius 1 is 1.24 bits per heavy atom. The van der Waals surface area contributed by atoms with Crippen LogP contribution in [0.15, 0.2) is 41.9 Å². The third kappa shape index (κ3) is 2.75. The number of benzene rings is 1. The Morgan fingerprint density at radius 3 is 2.80 bits per heavy atom. The predicted octanol–water partition coefficient (Wildman–Crippen LogP) is 4.67. The van der Waals surface area contributed by atoms with Gasteiger partial charge in [0, 0.05) is 17.1 Å². The molecule has 0 unspecified atom stereocenters. The van der Waals surface area contributed by atoms with E-state index in [0.717, 1.165) is 26.9 Å². The molecule has 0 aliphatic heterocycles. The summed E-state index contributed by atoms with van der Waals surface area (Å²) in [4.78, 5) is 23.2. The Balaban J connectivity index is 1.92. The lowest BCUT2D eigenvalue weighted by atomic mass is 10.1. The standard InChI is InChI=1S/C18H15N3O2S2/c1-3-23-17(22)15-13(12-7-5-4-6-8-12)20-16(25-15)14-11(2)19-18-21(14)9-10-24-18/h4-10H,3H2,1-2H3. The van der Waals surface area contributed by atoms with Crippen molar-refractivity contribution in [1.82, 2.24) is 14.4 Å². The summed E-state index contributed by atoms with van der Waals surface area (Å²) in [6.45, 7) is 4.10. The molecule has 0 atom stereocenters. The van der Waals surface area contributed by atoms with E-state index >= 15 is 0 Å². The molecule has 0 bridgehead atoms. The third-order valence-electron chi connectivity index (χ3n) is 3.77. The molecule has 0 aliphatic rings. The molecule has 5 nitrogen and oxygen atoms in total. The highest BCUT2D eigenvalue weighted by atomic mass is 32.1. The van der Waals surface area contributed by atoms with Crippen LogP contribution in [0.1, 0.15) is 22.3 Å². The molecule has 25 heavy (non-hydrogen) atoms. The quantitative estimate of drug-likeness (QED) is 0.491. The number of ether oxygens (including phenoxy) is 1. The SMILES string of the molecule is CCOC(=O)c1sc(-c2c(C)nc3sccn23)nc1-c1ccccc1. The summed E-state index contributed by atoms with van der Waals surface area (Å²) in [6, 6.07) is 9.71. The lowest BCUT2D eigenvalue weighted by Gasteiger charge is -2.01. The number of thiazole rings is 2. The van der Waals surface area contributed by atoms with Gasteiger partial charge in [-0.2, -0.15) is 0 Å². The average molecular weight is 369 g/mol. The maximum Gasteiger partial charge on any atom is 0.350 e. The van der Waals surface area contributed by atoms with Crippen LogP contribution in [0.3, 0.4) is 0 Å². The lowest BCUT2D eigenvalue weighted by molar-refractivity contribution is 0.0532. The number of imidazole rings is 1. The molecule has 0 aliphatic carbocycles. The molecule has 7 heteroatoms. The maximum atomic E-state index is 12.4. The van der Waals surface area contributed by atoms with Gasteiger partial charge in [-0.25, -0.2) is 14.8 Å². The van der Waals surface area contributed by atoms with Crippen molar-refractivity contribution in [3.05, 3.63) is 52.5 Å². The molecular formula is C18H15N3O2S2. The molecule has 0 N–H and O–H groups in total. The maximum absolute atomic E-state index is 12.4. The van der Waals surface area contributed by atoms with Gasteiger partial charge in [0.15, 0.2) is 4.96 Å². The number of carbonyl (C=O) groups is 1. The van der Waals surface area contributed by atoms with E-state index in [1.807, 2.05) is 53.2 Å². The predicted molar refractivity (Wildman–Crippen MR) is 100 cm³/mol. The molecule has 126 valence electrons. The molecule has 0 saturated heterocycles. The summed E-state index contributed by atoms with van der Waals surface area (Å²) in [5.41, 5.74) is 3.38. The van der Waals surface area contributed by atoms with Crippen LogP contribution in [0.4, 0.5) is 0 Å². The van der Waals surface area contributed by atoms with Gasteiger partial charge in [-0.1, -0.05) is 30.3 Å². The molecule has 0 spiro atoms. The number of rotatable bonds is 4. The molecular weight excluding hydrogens is 354 g/mol. The molecule has 3 aromatic heterocycles. The number of fused-ring (bicyclic) bond motifs is 1. The van der Waals surface area contributed by atoms with Crippen molar-refractivity contribution in [3.8, 4) is 22.0 Å². The summed E-state index contributed by atoms with van der Waals surface area (Å²) < 4.78 is 7.25. The summed E-state index contributed by atoms with van der Waals surface area (Å²) >= 11 is 2.93. The smallest absolute Gasteiger partial charge is 0.350 e. The van der Waals surface area contributed by atoms with Gasteiger partial charge >= 0.3 is 5.97 Å². The van der Waals surface area contributed by atoms with Crippen LogP contribution in [0.2, 0.25) is 0 Å². The highest BCUT2D eigenvalue weighted by Gasteiger charge is 2.24. The van der Waals surface area contributed by atoms with Gasteiger partial charge in [0.2, 0.25) is 0 Å². The highest BCUT2D eigenvalue weighted by Crippen LogP contribution is 2.36. The molecule has 3 heterocycles. The van der Waals surface area contributed by atoms with Crippen molar-refractivity contribution in [1.29, 1.82) is 0 Å². The number of nitrogens with zero attached hydrogens (tertiary/aromatic N) is 3. The fourth-order valence-corrected chi connectivity index (χ4v) is 4.53. The molecule has 0 radical (unpaired) electrons. The molecule has 0 saturated carbocycles. The van der Waals surface area contributed by atoms with Gasteiger partial charge in [0.05, 0.1) is 18.0 Å². The van der Waals surface area contributed by atoms with Crippen molar-refractivity contribution >= 4 is 33.6 Å². The van der Waals surface area contributed by atoms with Crippen molar-refractivity contribution in [2.75, 3.05) is 6.61 Å². The van der Waals surface area contributed by atoms with Crippen LogP contribution in [0.25, 0.3) is 26.9 Å². The monoisotopic (exact) mass is 369 g/mol. The second-order valence-electron chi connectivity index (χ2n) is 5.38. The number of hydrogen-bond acceptors (Lipinski definition) is 6. The van der Waals surface area contributed by atoms with Crippen LogP contribution >= 0.6 is 22.7 Å². The van der Waals surface area contributed by atoms with Crippen LogP contribution in [-0.2, 0) is 4.74 Å². The first-order valence-electron chi connectivity index (χ1n) is 7.85. The number of esters is 1. The number of aryl methyl sites for hydroxylation is 1. The van der Waals surface area contributed by atoms with Gasteiger partial charge in [-0.3, -0.25) is 4.40 Å². The second kappa shape index (κ2) is 6.42. The zero-order valence-electron chi connectivity index (χ0n) is 13.7. The number of hydrogen-bond donors (Lipinski definition) is 0. The minimum Gasteiger partial charge on any atom is -0.462 e. The fraction of sp³-hybridized carbons (Fsp3) is 0.167. The Bertz CT molecular complexity index is 1050. The van der Waals surface area contributed by atoms with Gasteiger partial charge in [-0.05, 0) is 13.8 Å². The van der Waals surface area contributed by atoms with E-state index in [1.54, 1.807) is 18.3 Å². The fourth-order valence-electron chi connectivity index (χ4n) is 2.70. The van der Waals surface area contributed by atoms with Crippen molar-refractivity contribution in [2.24, 2.45) is 0 Å². The van der Waals surface area contributed by atoms with Gasteiger partial charge in [-0.15, -0.1) is 22.7 Å². The van der Waals surface area contributed by atoms with E-state index in [1.165, 1.54) is 11.3 Å². The third-order valence-corrected chi connectivity index (χ3v) is 5.57. The Labute approximate surface area is 152 Å². The van der Waals surface area contributed by atoms with E-state index < -0.39 is 0 Å². The molecule has 4 aromatic rings. The van der Waals surface area contributed by atoms with Crippen molar-refractivity contribution < 1.29 is 9.53 Å². The minimum absolute atomic E-state index is 0.334. The summed E-state index contributed by atoms with van der Waals surface area (Å²) in [5, 5.41) is 2.76. The number of carbonyl (C=O) groups excluding carboxylic acids is 1. The summed E-state index contributed by atoms with van der Waals surface area (Å²) in [7, 11) is 0. The lowest BCUT2D eigenvalue weighted by Crippen LogP contribution is -2.03. The number of aromatic nitrogens is 3. The average Bonchev–Trinajstić information content (AvgIpc) is 3.30. The molecule has 1 aromatic carbocycles. The highest BCUT2D eigenvalue weighted by molar-refractivity contribution is 7.17.